The van der Waals surface area contributed by atoms with E-state index in [9.17, 15) is 13.2 Å². The Balaban J connectivity index is 1.90. The molecule has 3 rings (SSSR count). The van der Waals surface area contributed by atoms with E-state index in [1.165, 1.54) is 27.4 Å². The fourth-order valence-electron chi connectivity index (χ4n) is 3.33. The third-order valence-electron chi connectivity index (χ3n) is 4.68. The third-order valence-corrected chi connectivity index (χ3v) is 6.08. The second kappa shape index (κ2) is 8.71. The van der Waals surface area contributed by atoms with Crippen molar-refractivity contribution in [2.24, 2.45) is 0 Å². The maximum atomic E-state index is 12.9. The number of benzene rings is 2. The molecular weight excluding hydrogens is 396 g/mol. The van der Waals surface area contributed by atoms with Crippen LogP contribution >= 0.6 is 0 Å². The van der Waals surface area contributed by atoms with Crippen molar-refractivity contribution in [3.8, 4) is 11.5 Å². The zero-order valence-electron chi connectivity index (χ0n) is 16.6. The van der Waals surface area contributed by atoms with Crippen LogP contribution in [-0.2, 0) is 26.0 Å². The standard InChI is InChI=1S/C20H24N2O6S/c1-26-13-20(23)22-10-4-5-14-11-15(6-8-17(14)22)21-29(24,25)19-12-16(27-2)7-9-18(19)28-3/h6-9,11-12,21H,4-5,10,13H2,1-3H3. The molecule has 1 aliphatic rings. The van der Waals surface area contributed by atoms with E-state index in [-0.39, 0.29) is 23.2 Å². The number of nitrogens with zero attached hydrogens (tertiary/aromatic N) is 1. The Hall–Kier alpha value is -2.78. The van der Waals surface area contributed by atoms with E-state index in [0.29, 0.717) is 18.0 Å². The minimum Gasteiger partial charge on any atom is -0.497 e. The molecule has 0 saturated heterocycles. The van der Waals surface area contributed by atoms with Crippen molar-refractivity contribution in [1.82, 2.24) is 0 Å². The zero-order valence-corrected chi connectivity index (χ0v) is 17.4. The first-order valence-corrected chi connectivity index (χ1v) is 10.5. The quantitative estimate of drug-likeness (QED) is 0.739. The Kier molecular flexibility index (Phi) is 6.29. The van der Waals surface area contributed by atoms with Gasteiger partial charge in [-0.2, -0.15) is 0 Å². The molecule has 156 valence electrons. The molecule has 0 saturated carbocycles. The van der Waals surface area contributed by atoms with Crippen LogP contribution in [0.25, 0.3) is 0 Å². The van der Waals surface area contributed by atoms with Gasteiger partial charge in [-0.05, 0) is 48.7 Å². The van der Waals surface area contributed by atoms with Crippen LogP contribution < -0.4 is 19.1 Å². The fraction of sp³-hybridized carbons (Fsp3) is 0.350. The molecule has 0 fully saturated rings. The molecule has 0 radical (unpaired) electrons. The van der Waals surface area contributed by atoms with Gasteiger partial charge in [-0.3, -0.25) is 9.52 Å². The first-order chi connectivity index (χ1) is 13.9. The Morgan fingerprint density at radius 3 is 2.59 bits per heavy atom. The van der Waals surface area contributed by atoms with E-state index in [4.69, 9.17) is 14.2 Å². The molecule has 0 unspecified atom stereocenters. The molecule has 1 heterocycles. The molecule has 1 aliphatic heterocycles. The first kappa shape index (κ1) is 20.9. The molecule has 2 aromatic carbocycles. The number of carbonyl (C=O) groups excluding carboxylic acids is 1. The van der Waals surface area contributed by atoms with E-state index in [0.717, 1.165) is 24.1 Å². The van der Waals surface area contributed by atoms with Crippen molar-refractivity contribution in [3.05, 3.63) is 42.0 Å². The lowest BCUT2D eigenvalue weighted by Gasteiger charge is -2.29. The summed E-state index contributed by atoms with van der Waals surface area (Å²) in [6, 6.07) is 9.72. The Labute approximate surface area is 170 Å². The summed E-state index contributed by atoms with van der Waals surface area (Å²) in [6.45, 7) is 0.616. The lowest BCUT2D eigenvalue weighted by Crippen LogP contribution is -2.37. The van der Waals surface area contributed by atoms with Gasteiger partial charge in [0.2, 0.25) is 0 Å². The van der Waals surface area contributed by atoms with Crippen molar-refractivity contribution in [2.45, 2.75) is 17.7 Å². The van der Waals surface area contributed by atoms with Gasteiger partial charge in [0.15, 0.2) is 0 Å². The van der Waals surface area contributed by atoms with Crippen LogP contribution in [0.1, 0.15) is 12.0 Å². The van der Waals surface area contributed by atoms with Crippen LogP contribution in [-0.4, -0.2) is 48.8 Å². The Bertz CT molecular complexity index is 1010. The molecule has 0 atom stereocenters. The first-order valence-electron chi connectivity index (χ1n) is 9.06. The molecule has 0 aliphatic carbocycles. The van der Waals surface area contributed by atoms with Gasteiger partial charge in [-0.1, -0.05) is 0 Å². The summed E-state index contributed by atoms with van der Waals surface area (Å²) in [6.07, 6.45) is 1.55. The average molecular weight is 420 g/mol. The molecule has 1 amide bonds. The predicted molar refractivity (Wildman–Crippen MR) is 109 cm³/mol. The van der Waals surface area contributed by atoms with Crippen LogP contribution in [0.15, 0.2) is 41.3 Å². The Morgan fingerprint density at radius 1 is 1.10 bits per heavy atom. The van der Waals surface area contributed by atoms with E-state index in [1.807, 2.05) is 0 Å². The number of sulfonamides is 1. The van der Waals surface area contributed by atoms with Crippen molar-refractivity contribution in [3.63, 3.8) is 0 Å². The summed E-state index contributed by atoms with van der Waals surface area (Å²) in [7, 11) is 0.443. The van der Waals surface area contributed by atoms with Gasteiger partial charge in [-0.15, -0.1) is 0 Å². The van der Waals surface area contributed by atoms with Crippen molar-refractivity contribution in [1.29, 1.82) is 0 Å². The molecule has 29 heavy (non-hydrogen) atoms. The summed E-state index contributed by atoms with van der Waals surface area (Å²) >= 11 is 0. The molecule has 0 bridgehead atoms. The summed E-state index contributed by atoms with van der Waals surface area (Å²) in [4.78, 5) is 13.9. The van der Waals surface area contributed by atoms with Gasteiger partial charge in [0.1, 0.15) is 23.0 Å². The average Bonchev–Trinajstić information content (AvgIpc) is 2.72. The Morgan fingerprint density at radius 2 is 1.90 bits per heavy atom. The van der Waals surface area contributed by atoms with E-state index < -0.39 is 10.0 Å². The molecule has 2 aromatic rings. The smallest absolute Gasteiger partial charge is 0.265 e. The van der Waals surface area contributed by atoms with Gasteiger partial charge in [0, 0.05) is 31.1 Å². The highest BCUT2D eigenvalue weighted by atomic mass is 32.2. The van der Waals surface area contributed by atoms with Crippen LogP contribution in [0.2, 0.25) is 0 Å². The van der Waals surface area contributed by atoms with Gasteiger partial charge >= 0.3 is 0 Å². The van der Waals surface area contributed by atoms with Gasteiger partial charge in [-0.25, -0.2) is 8.42 Å². The van der Waals surface area contributed by atoms with Crippen LogP contribution in [0.3, 0.4) is 0 Å². The molecule has 8 nitrogen and oxygen atoms in total. The lowest BCUT2D eigenvalue weighted by molar-refractivity contribution is -0.122. The molecule has 9 heteroatoms. The van der Waals surface area contributed by atoms with E-state index >= 15 is 0 Å². The fourth-order valence-corrected chi connectivity index (χ4v) is 4.56. The minimum atomic E-state index is -3.91. The number of fused-ring (bicyclic) bond motifs is 1. The number of amides is 1. The minimum absolute atomic E-state index is 0.00343. The topological polar surface area (TPSA) is 94.2 Å². The van der Waals surface area contributed by atoms with Crippen LogP contribution in [0.5, 0.6) is 11.5 Å². The largest absolute Gasteiger partial charge is 0.497 e. The number of anilines is 2. The highest BCUT2D eigenvalue weighted by Gasteiger charge is 2.24. The molecule has 0 aromatic heterocycles. The van der Waals surface area contributed by atoms with Crippen molar-refractivity contribution < 1.29 is 27.4 Å². The van der Waals surface area contributed by atoms with Crippen molar-refractivity contribution >= 4 is 27.3 Å². The normalized spacial score (nSPS) is 13.6. The van der Waals surface area contributed by atoms with E-state index in [1.54, 1.807) is 35.2 Å². The SMILES string of the molecule is COCC(=O)N1CCCc2cc(NS(=O)(=O)c3cc(OC)ccc3OC)ccc21. The van der Waals surface area contributed by atoms with Crippen LogP contribution in [0.4, 0.5) is 11.4 Å². The van der Waals surface area contributed by atoms with Gasteiger partial charge in [0.05, 0.1) is 14.2 Å². The molecule has 1 N–H and O–H groups in total. The number of ether oxygens (including phenoxy) is 3. The monoisotopic (exact) mass is 420 g/mol. The number of carbonyl (C=O) groups is 1. The second-order valence-corrected chi connectivity index (χ2v) is 8.20. The summed E-state index contributed by atoms with van der Waals surface area (Å²) in [5.74, 6) is 0.499. The number of hydrogen-bond acceptors (Lipinski definition) is 6. The number of aryl methyl sites for hydroxylation is 1. The lowest BCUT2D eigenvalue weighted by atomic mass is 10.0. The maximum Gasteiger partial charge on any atom is 0.265 e. The van der Waals surface area contributed by atoms with E-state index in [2.05, 4.69) is 4.72 Å². The number of nitrogens with one attached hydrogen (secondary N) is 1. The summed E-state index contributed by atoms with van der Waals surface area (Å²) in [5.41, 5.74) is 2.09. The van der Waals surface area contributed by atoms with Gasteiger partial charge in [0.25, 0.3) is 15.9 Å². The second-order valence-electron chi connectivity index (χ2n) is 6.55. The molecule has 0 spiro atoms. The number of hydrogen-bond donors (Lipinski definition) is 1. The van der Waals surface area contributed by atoms with Crippen molar-refractivity contribution in [2.75, 3.05) is 44.1 Å². The summed E-state index contributed by atoms with van der Waals surface area (Å²) < 4.78 is 43.8. The maximum absolute atomic E-state index is 12.9. The molecular formula is C20H24N2O6S. The third kappa shape index (κ3) is 4.46. The highest BCUT2D eigenvalue weighted by Crippen LogP contribution is 2.33. The number of rotatable bonds is 7. The number of methoxy groups -OCH3 is 3. The summed E-state index contributed by atoms with van der Waals surface area (Å²) in [5, 5.41) is 0. The highest BCUT2D eigenvalue weighted by molar-refractivity contribution is 7.92. The van der Waals surface area contributed by atoms with Crippen LogP contribution in [0, 0.1) is 0 Å². The zero-order chi connectivity index (χ0) is 21.0. The van der Waals surface area contributed by atoms with Gasteiger partial charge < -0.3 is 19.1 Å². The predicted octanol–water partition coefficient (Wildman–Crippen LogP) is 2.43.